The molecule has 0 bridgehead atoms. The maximum absolute atomic E-state index is 9.46. The number of aliphatic hydroxyl groups is 1. The summed E-state index contributed by atoms with van der Waals surface area (Å²) in [5.41, 5.74) is -0.151. The monoisotopic (exact) mass is 242 g/mol. The average Bonchev–Trinajstić information content (AvgIpc) is 2.28. The van der Waals surface area contributed by atoms with Gasteiger partial charge in [0.2, 0.25) is 0 Å². The first-order chi connectivity index (χ1) is 7.91. The van der Waals surface area contributed by atoms with Crippen LogP contribution in [0.3, 0.4) is 0 Å². The van der Waals surface area contributed by atoms with Crippen molar-refractivity contribution >= 4 is 0 Å². The standard InChI is InChI=1S/C14H30N2O/c1-11-6-7-16(12(2)8-11)13(3)9-14(4,10-17)15-5/h11-13,15,17H,6-10H2,1-5H3. The van der Waals surface area contributed by atoms with Crippen LogP contribution < -0.4 is 5.32 Å². The van der Waals surface area contributed by atoms with Crippen LogP contribution in [-0.4, -0.2) is 47.8 Å². The van der Waals surface area contributed by atoms with Crippen molar-refractivity contribution in [1.82, 2.24) is 10.2 Å². The molecule has 0 spiro atoms. The van der Waals surface area contributed by atoms with Gasteiger partial charge in [-0.3, -0.25) is 4.90 Å². The van der Waals surface area contributed by atoms with E-state index < -0.39 is 0 Å². The third-order valence-corrected chi connectivity index (χ3v) is 4.45. The Morgan fingerprint density at radius 3 is 2.59 bits per heavy atom. The second kappa shape index (κ2) is 6.17. The molecular formula is C14H30N2O. The molecule has 3 heteroatoms. The molecular weight excluding hydrogens is 212 g/mol. The lowest BCUT2D eigenvalue weighted by atomic mass is 9.88. The molecule has 0 amide bonds. The highest BCUT2D eigenvalue weighted by atomic mass is 16.3. The maximum atomic E-state index is 9.46. The van der Waals surface area contributed by atoms with E-state index in [-0.39, 0.29) is 12.1 Å². The number of nitrogens with zero attached hydrogens (tertiary/aromatic N) is 1. The highest BCUT2D eigenvalue weighted by Gasteiger charge is 2.31. The first-order valence-electron chi connectivity index (χ1n) is 6.97. The van der Waals surface area contributed by atoms with Gasteiger partial charge in [-0.05, 0) is 59.5 Å². The van der Waals surface area contributed by atoms with Gasteiger partial charge in [0, 0.05) is 17.6 Å². The van der Waals surface area contributed by atoms with Crippen LogP contribution in [-0.2, 0) is 0 Å². The first kappa shape index (κ1) is 14.9. The number of nitrogens with one attached hydrogen (secondary N) is 1. The van der Waals surface area contributed by atoms with E-state index in [1.165, 1.54) is 19.4 Å². The fourth-order valence-electron chi connectivity index (χ4n) is 3.10. The van der Waals surface area contributed by atoms with Gasteiger partial charge in [-0.1, -0.05) is 6.92 Å². The first-order valence-corrected chi connectivity index (χ1v) is 6.97. The second-order valence-electron chi connectivity index (χ2n) is 6.24. The van der Waals surface area contributed by atoms with Crippen molar-refractivity contribution in [3.63, 3.8) is 0 Å². The molecule has 1 saturated heterocycles. The Kier molecular flexibility index (Phi) is 5.42. The third-order valence-electron chi connectivity index (χ3n) is 4.45. The highest BCUT2D eigenvalue weighted by molar-refractivity contribution is 4.89. The van der Waals surface area contributed by atoms with E-state index in [0.717, 1.165) is 12.3 Å². The summed E-state index contributed by atoms with van der Waals surface area (Å²) in [5, 5.41) is 12.7. The molecule has 0 aromatic heterocycles. The van der Waals surface area contributed by atoms with E-state index in [1.807, 2.05) is 7.05 Å². The number of likely N-dealkylation sites (N-methyl/N-ethyl adjacent to an activating group) is 1. The summed E-state index contributed by atoms with van der Waals surface area (Å²) in [6, 6.07) is 1.20. The Labute approximate surface area is 107 Å². The molecule has 4 unspecified atom stereocenters. The van der Waals surface area contributed by atoms with E-state index in [1.54, 1.807) is 0 Å². The lowest BCUT2D eigenvalue weighted by molar-refractivity contribution is 0.0594. The molecule has 1 rings (SSSR count). The van der Waals surface area contributed by atoms with Crippen molar-refractivity contribution in [3.8, 4) is 0 Å². The molecule has 2 N–H and O–H groups in total. The lowest BCUT2D eigenvalue weighted by Gasteiger charge is -2.43. The minimum Gasteiger partial charge on any atom is -0.394 e. The fourth-order valence-corrected chi connectivity index (χ4v) is 3.10. The SMILES string of the molecule is CNC(C)(CO)CC(C)N1CCC(C)CC1C. The molecule has 0 saturated carbocycles. The number of aliphatic hydroxyl groups excluding tert-OH is 1. The number of hydrogen-bond acceptors (Lipinski definition) is 3. The van der Waals surface area contributed by atoms with E-state index in [2.05, 4.69) is 37.9 Å². The minimum absolute atomic E-state index is 0.151. The minimum atomic E-state index is -0.151. The third kappa shape index (κ3) is 3.94. The zero-order chi connectivity index (χ0) is 13.1. The molecule has 0 aromatic carbocycles. The molecule has 17 heavy (non-hydrogen) atoms. The summed E-state index contributed by atoms with van der Waals surface area (Å²) >= 11 is 0. The van der Waals surface area contributed by atoms with E-state index >= 15 is 0 Å². The lowest BCUT2D eigenvalue weighted by Crippen LogP contribution is -2.52. The molecule has 102 valence electrons. The van der Waals surface area contributed by atoms with Crippen LogP contribution in [0.25, 0.3) is 0 Å². The second-order valence-corrected chi connectivity index (χ2v) is 6.24. The highest BCUT2D eigenvalue weighted by Crippen LogP contribution is 2.26. The predicted octanol–water partition coefficient (Wildman–Crippen LogP) is 1.86. The van der Waals surface area contributed by atoms with Gasteiger partial charge >= 0.3 is 0 Å². The Bertz CT molecular complexity index is 228. The van der Waals surface area contributed by atoms with Gasteiger partial charge in [0.1, 0.15) is 0 Å². The predicted molar refractivity (Wildman–Crippen MR) is 73.2 cm³/mol. The summed E-state index contributed by atoms with van der Waals surface area (Å²) in [4.78, 5) is 2.60. The Morgan fingerprint density at radius 1 is 1.47 bits per heavy atom. The van der Waals surface area contributed by atoms with Crippen molar-refractivity contribution in [2.45, 2.75) is 64.6 Å². The van der Waals surface area contributed by atoms with Gasteiger partial charge in [0.15, 0.2) is 0 Å². The quantitative estimate of drug-likeness (QED) is 0.772. The van der Waals surface area contributed by atoms with Crippen LogP contribution >= 0.6 is 0 Å². The Hall–Kier alpha value is -0.120. The molecule has 1 aliphatic heterocycles. The Balaban J connectivity index is 2.55. The van der Waals surface area contributed by atoms with Gasteiger partial charge < -0.3 is 10.4 Å². The summed E-state index contributed by atoms with van der Waals surface area (Å²) in [6.07, 6.45) is 3.61. The van der Waals surface area contributed by atoms with Crippen molar-refractivity contribution in [1.29, 1.82) is 0 Å². The number of hydrogen-bond donors (Lipinski definition) is 2. The number of piperidine rings is 1. The van der Waals surface area contributed by atoms with Crippen LogP contribution in [0.1, 0.15) is 47.0 Å². The smallest absolute Gasteiger partial charge is 0.0611 e. The van der Waals surface area contributed by atoms with E-state index in [4.69, 9.17) is 0 Å². The van der Waals surface area contributed by atoms with Gasteiger partial charge in [-0.25, -0.2) is 0 Å². The maximum Gasteiger partial charge on any atom is 0.0611 e. The molecule has 1 heterocycles. The average molecular weight is 242 g/mol. The van der Waals surface area contributed by atoms with Gasteiger partial charge in [0.05, 0.1) is 6.61 Å². The molecule has 1 fully saturated rings. The number of likely N-dealkylation sites (tertiary alicyclic amines) is 1. The zero-order valence-electron chi connectivity index (χ0n) is 12.2. The fraction of sp³-hybridized carbons (Fsp3) is 1.00. The topological polar surface area (TPSA) is 35.5 Å². The van der Waals surface area contributed by atoms with Crippen molar-refractivity contribution < 1.29 is 5.11 Å². The Morgan fingerprint density at radius 2 is 2.12 bits per heavy atom. The molecule has 1 aliphatic rings. The van der Waals surface area contributed by atoms with Crippen molar-refractivity contribution in [2.75, 3.05) is 20.2 Å². The van der Waals surface area contributed by atoms with Crippen LogP contribution in [0.5, 0.6) is 0 Å². The molecule has 3 nitrogen and oxygen atoms in total. The summed E-state index contributed by atoms with van der Waals surface area (Å²) in [7, 11) is 1.94. The van der Waals surface area contributed by atoms with Crippen molar-refractivity contribution in [2.24, 2.45) is 5.92 Å². The summed E-state index contributed by atoms with van der Waals surface area (Å²) in [6.45, 7) is 10.5. The van der Waals surface area contributed by atoms with Crippen molar-refractivity contribution in [3.05, 3.63) is 0 Å². The molecule has 0 aliphatic carbocycles. The summed E-state index contributed by atoms with van der Waals surface area (Å²) in [5.74, 6) is 0.863. The largest absolute Gasteiger partial charge is 0.394 e. The van der Waals surface area contributed by atoms with Crippen LogP contribution in [0, 0.1) is 5.92 Å². The van der Waals surface area contributed by atoms with E-state index in [9.17, 15) is 5.11 Å². The molecule has 4 atom stereocenters. The number of rotatable bonds is 5. The van der Waals surface area contributed by atoms with Crippen LogP contribution in [0.2, 0.25) is 0 Å². The van der Waals surface area contributed by atoms with Gasteiger partial charge in [-0.2, -0.15) is 0 Å². The van der Waals surface area contributed by atoms with Crippen LogP contribution in [0.15, 0.2) is 0 Å². The van der Waals surface area contributed by atoms with Gasteiger partial charge in [-0.15, -0.1) is 0 Å². The molecule has 0 aromatic rings. The van der Waals surface area contributed by atoms with Crippen LogP contribution in [0.4, 0.5) is 0 Å². The zero-order valence-corrected chi connectivity index (χ0v) is 12.2. The molecule has 0 radical (unpaired) electrons. The summed E-state index contributed by atoms with van der Waals surface area (Å²) < 4.78 is 0. The van der Waals surface area contributed by atoms with Gasteiger partial charge in [0.25, 0.3) is 0 Å². The van der Waals surface area contributed by atoms with E-state index in [0.29, 0.717) is 12.1 Å². The normalized spacial score (nSPS) is 32.1.